The van der Waals surface area contributed by atoms with Crippen molar-refractivity contribution < 1.29 is 22.1 Å². The number of rotatable bonds is 10. The normalized spacial score (nSPS) is 16.6. The standard InChI is InChI=1S/C27H22N2O.C26H26N2O.C24H24N2O.C23H20N2O.C21H19N3O/c1-18-16-17-22-21-12-6-9-15-25(21)30-27(22)26(18)29-19(2)28(20-10-4-3-5-11-20)23-13-7-8-14-24(23)29;1-17(2)20-9-5-7-11-23(20)27-15-16-28(19(27)4)25-18(3)13-14-22-21-10-6-8-12-24(21)29-26(22)25;1-15(2)25-17(4)26(21-11-7-6-10-20(21)25)23-16(3)13-14-19-18-9-5-8-12-22(18)27-24(19)23;1-16-12-13-20-19-10-6-7-11-21(19)26-23(20)22(16)25-15-14-24(17(25)2)18-8-4-3-5-9-18;1-13-10-11-16-15-7-4-5-9-18(15)25-20(16)19(13)24-14(2)23(3)17-8-6-12-22-21(17)24/h3-17,19H,1-2H3;5-17,19H,1-4H3;5-15,17H,1-4H3;3-15,17H,1-2H3;4-12,14H,1-3H3. The molecule has 0 saturated carbocycles. The largest absolute Gasteiger partial charge is 0.454 e. The van der Waals surface area contributed by atoms with Crippen LogP contribution < -0.4 is 49.0 Å². The molecule has 0 fully saturated rings. The van der Waals surface area contributed by atoms with Crippen LogP contribution in [0.5, 0.6) is 0 Å². The Morgan fingerprint density at radius 1 is 0.248 bits per heavy atom. The first-order chi connectivity index (χ1) is 66.8. The van der Waals surface area contributed by atoms with E-state index in [0.29, 0.717) is 12.0 Å². The molecule has 0 radical (unpaired) electrons. The molecule has 0 saturated heterocycles. The summed E-state index contributed by atoms with van der Waals surface area (Å²) in [5.74, 6) is 1.45. The number of furan rings is 5. The van der Waals surface area contributed by atoms with Gasteiger partial charge >= 0.3 is 0 Å². The highest BCUT2D eigenvalue weighted by Gasteiger charge is 2.41. The van der Waals surface area contributed by atoms with Gasteiger partial charge in [-0.2, -0.15) is 0 Å². The predicted molar refractivity (Wildman–Crippen MR) is 573 cm³/mol. The molecule has 16 heteroatoms. The molecule has 5 aliphatic rings. The summed E-state index contributed by atoms with van der Waals surface area (Å²) in [6.07, 6.45) is 11.3. The molecule has 0 aliphatic carbocycles. The van der Waals surface area contributed by atoms with Gasteiger partial charge in [0, 0.05) is 115 Å². The summed E-state index contributed by atoms with van der Waals surface area (Å²) in [7, 11) is 2.11. The van der Waals surface area contributed by atoms with Gasteiger partial charge in [-0.25, -0.2) is 4.98 Å². The lowest BCUT2D eigenvalue weighted by Crippen LogP contribution is -2.42. The molecule has 26 rings (SSSR count). The van der Waals surface area contributed by atoms with Crippen molar-refractivity contribution in [2.24, 2.45) is 0 Å². The lowest BCUT2D eigenvalue weighted by Gasteiger charge is -2.33. The molecule has 6 aromatic heterocycles. The molecule has 5 unspecified atom stereocenters. The highest BCUT2D eigenvalue weighted by atomic mass is 16.3. The van der Waals surface area contributed by atoms with Crippen molar-refractivity contribution in [3.05, 3.63) is 392 Å². The van der Waals surface area contributed by atoms with E-state index in [4.69, 9.17) is 22.1 Å². The van der Waals surface area contributed by atoms with Gasteiger partial charge in [0.1, 0.15) is 58.7 Å². The van der Waals surface area contributed by atoms with Gasteiger partial charge in [0.15, 0.2) is 33.7 Å². The summed E-state index contributed by atoms with van der Waals surface area (Å²) in [6.45, 7) is 31.0. The molecule has 11 heterocycles. The van der Waals surface area contributed by atoms with E-state index in [1.165, 1.54) is 111 Å². The number of hydrogen-bond acceptors (Lipinski definition) is 16. The second kappa shape index (κ2) is 35.1. The Labute approximate surface area is 799 Å². The molecule has 137 heavy (non-hydrogen) atoms. The van der Waals surface area contributed by atoms with Gasteiger partial charge in [0.2, 0.25) is 0 Å². The third kappa shape index (κ3) is 14.6. The number of fused-ring (bicyclic) bond motifs is 18. The van der Waals surface area contributed by atoms with Crippen molar-refractivity contribution >= 4 is 189 Å². The Kier molecular flexibility index (Phi) is 22.1. The van der Waals surface area contributed by atoms with Gasteiger partial charge in [0.25, 0.3) is 0 Å². The first-order valence-corrected chi connectivity index (χ1v) is 47.8. The van der Waals surface area contributed by atoms with Crippen molar-refractivity contribution in [3.63, 3.8) is 0 Å². The number of pyridine rings is 1. The SMILES string of the molecule is Cc1ccc2c(oc3ccccc32)c1N1C=CN(c2ccccc2)C1C.Cc1ccc2c(oc3ccccc32)c1N1C=CN(c2ccccc2C(C)C)C1C.Cc1ccc2c(oc3ccccc32)c1N1c2ccccc2N(C(C)C)C1C.Cc1ccc2c(oc3ccccc32)c1N1c2ccccc2N(c2ccccc2)C1C.Cc1ccc2c(oc3ccccc32)c1N1c2ncccc2N(C)C1C. The minimum atomic E-state index is 0.113. The van der Waals surface area contributed by atoms with Gasteiger partial charge in [-0.3, -0.25) is 0 Å². The zero-order chi connectivity index (χ0) is 93.9. The third-order valence-corrected chi connectivity index (χ3v) is 28.4. The Hall–Kier alpha value is -16.1. The zero-order valence-electron chi connectivity index (χ0n) is 80.1. The first kappa shape index (κ1) is 86.3. The summed E-state index contributed by atoms with van der Waals surface area (Å²) in [5, 5.41) is 11.6. The maximum atomic E-state index is 6.42. The zero-order valence-corrected chi connectivity index (χ0v) is 80.1. The average Bonchev–Trinajstić information content (AvgIpc) is 1.58. The van der Waals surface area contributed by atoms with Crippen molar-refractivity contribution in [2.45, 2.75) is 140 Å². The van der Waals surface area contributed by atoms with E-state index in [-0.39, 0.29) is 30.8 Å². The summed E-state index contributed by atoms with van der Waals surface area (Å²) in [5.41, 5.74) is 32.3. The topological polar surface area (TPSA) is 111 Å². The van der Waals surface area contributed by atoms with E-state index >= 15 is 0 Å². The van der Waals surface area contributed by atoms with Crippen LogP contribution >= 0.6 is 0 Å². The number of anilines is 14. The van der Waals surface area contributed by atoms with Crippen molar-refractivity contribution in [1.29, 1.82) is 0 Å². The van der Waals surface area contributed by atoms with Crippen LogP contribution in [-0.2, 0) is 0 Å². The Morgan fingerprint density at radius 3 is 0.985 bits per heavy atom. The molecular formula is C121H111N11O5. The van der Waals surface area contributed by atoms with Gasteiger partial charge in [-0.1, -0.05) is 244 Å². The average molecular weight is 1800 g/mol. The van der Waals surface area contributed by atoms with Crippen molar-refractivity contribution in [2.75, 3.05) is 56.0 Å². The van der Waals surface area contributed by atoms with Crippen molar-refractivity contribution in [1.82, 2.24) is 4.98 Å². The van der Waals surface area contributed by atoms with Gasteiger partial charge < -0.3 is 71.1 Å². The Morgan fingerprint density at radius 2 is 0.562 bits per heavy atom. The maximum Gasteiger partial charge on any atom is 0.159 e. The van der Waals surface area contributed by atoms with Crippen LogP contribution in [0.2, 0.25) is 0 Å². The lowest BCUT2D eigenvalue weighted by molar-refractivity contribution is 0.603. The van der Waals surface area contributed by atoms with E-state index in [9.17, 15) is 0 Å². The minimum absolute atomic E-state index is 0.113. The van der Waals surface area contributed by atoms with Crippen LogP contribution in [-0.4, -0.2) is 48.9 Å². The van der Waals surface area contributed by atoms with Crippen molar-refractivity contribution in [3.8, 4) is 0 Å². The molecule has 0 bridgehead atoms. The molecule has 680 valence electrons. The van der Waals surface area contributed by atoms with E-state index in [0.717, 1.165) is 112 Å². The fourth-order valence-corrected chi connectivity index (χ4v) is 21.6. The minimum Gasteiger partial charge on any atom is -0.454 e. The molecule has 21 aromatic rings. The van der Waals surface area contributed by atoms with Crippen LogP contribution in [0.3, 0.4) is 0 Å². The molecule has 0 amide bonds. The van der Waals surface area contributed by atoms with Gasteiger partial charge in [0.05, 0.1) is 56.9 Å². The lowest BCUT2D eigenvalue weighted by atomic mass is 10.0. The molecule has 5 aliphatic heterocycles. The number of benzene rings is 15. The van der Waals surface area contributed by atoms with Crippen LogP contribution in [0, 0.1) is 34.6 Å². The summed E-state index contributed by atoms with van der Waals surface area (Å²) < 4.78 is 31.7. The number of aromatic nitrogens is 1. The highest BCUT2D eigenvalue weighted by molar-refractivity contribution is 6.16. The first-order valence-electron chi connectivity index (χ1n) is 47.8. The Bertz CT molecular complexity index is 8250. The quantitative estimate of drug-likeness (QED) is 0.129. The highest BCUT2D eigenvalue weighted by Crippen LogP contribution is 2.55. The predicted octanol–water partition coefficient (Wildman–Crippen LogP) is 32.6. The summed E-state index contributed by atoms with van der Waals surface area (Å²) in [6, 6.07) is 115. The molecule has 16 nitrogen and oxygen atoms in total. The van der Waals surface area contributed by atoms with Crippen LogP contribution in [0.4, 0.5) is 79.8 Å². The number of hydrogen-bond donors (Lipinski definition) is 0. The Balaban J connectivity index is 0.0000000992. The summed E-state index contributed by atoms with van der Waals surface area (Å²) >= 11 is 0. The second-order valence-corrected chi connectivity index (χ2v) is 37.2. The van der Waals surface area contributed by atoms with E-state index in [1.807, 2.05) is 72.9 Å². The molecule has 15 aromatic carbocycles. The molecule has 5 atom stereocenters. The second-order valence-electron chi connectivity index (χ2n) is 37.2. The fraction of sp³-hybridized carbons (Fsp3) is 0.182. The monoisotopic (exact) mass is 1800 g/mol. The van der Waals surface area contributed by atoms with Crippen LogP contribution in [0.1, 0.15) is 102 Å². The molecule has 0 N–H and O–H groups in total. The summed E-state index contributed by atoms with van der Waals surface area (Å²) in [4.78, 5) is 28.2. The number of para-hydroxylation sites is 12. The van der Waals surface area contributed by atoms with E-state index < -0.39 is 0 Å². The van der Waals surface area contributed by atoms with E-state index in [2.05, 4.69) is 444 Å². The maximum absolute atomic E-state index is 6.42. The van der Waals surface area contributed by atoms with Gasteiger partial charge in [-0.15, -0.1) is 0 Å². The van der Waals surface area contributed by atoms with E-state index in [1.54, 1.807) is 0 Å². The number of aryl methyl sites for hydroxylation is 5. The fourth-order valence-electron chi connectivity index (χ4n) is 21.6. The van der Waals surface area contributed by atoms with Crippen LogP contribution in [0.25, 0.3) is 110 Å². The molecule has 0 spiro atoms. The smallest absolute Gasteiger partial charge is 0.159 e. The van der Waals surface area contributed by atoms with Gasteiger partial charge in [-0.05, 0) is 219 Å². The third-order valence-electron chi connectivity index (χ3n) is 28.4. The molecular weight excluding hydrogens is 1690 g/mol. The van der Waals surface area contributed by atoms with Crippen LogP contribution in [0.15, 0.2) is 381 Å². The number of nitrogens with zero attached hydrogens (tertiary/aromatic N) is 11.